The van der Waals surface area contributed by atoms with Gasteiger partial charge in [0.2, 0.25) is 5.88 Å². The molecule has 0 atom stereocenters. The smallest absolute Gasteiger partial charge is 0.271 e. The molecule has 0 saturated carbocycles. The largest absolute Gasteiger partial charge is 0.475 e. The normalized spacial score (nSPS) is 10.2. The third-order valence-corrected chi connectivity index (χ3v) is 1.92. The van der Waals surface area contributed by atoms with E-state index in [1.54, 1.807) is 12.1 Å². The molecule has 0 aliphatic carbocycles. The van der Waals surface area contributed by atoms with Gasteiger partial charge < -0.3 is 10.1 Å². The molecule has 1 N–H and O–H groups in total. The van der Waals surface area contributed by atoms with E-state index in [0.717, 1.165) is 0 Å². The van der Waals surface area contributed by atoms with Gasteiger partial charge >= 0.3 is 0 Å². The van der Waals surface area contributed by atoms with Crippen LogP contribution in [0.5, 0.6) is 5.88 Å². The van der Waals surface area contributed by atoms with Crippen LogP contribution in [0.25, 0.3) is 0 Å². The molecule has 1 heterocycles. The topological polar surface area (TPSA) is 51.2 Å². The van der Waals surface area contributed by atoms with Crippen LogP contribution < -0.4 is 10.1 Å². The number of hydrogen-bond acceptors (Lipinski definition) is 3. The summed E-state index contributed by atoms with van der Waals surface area (Å²) in [5, 5.41) is 2.77. The molecule has 4 nitrogen and oxygen atoms in total. The van der Waals surface area contributed by atoms with Crippen LogP contribution in [0.2, 0.25) is 5.02 Å². The summed E-state index contributed by atoms with van der Waals surface area (Å²) in [6.07, 6.45) is 0.0104. The molecule has 1 aromatic heterocycles. The molecule has 0 saturated heterocycles. The molecule has 82 valence electrons. The van der Waals surface area contributed by atoms with Crippen molar-refractivity contribution in [2.24, 2.45) is 0 Å². The number of halogens is 1. The first-order valence-electron chi connectivity index (χ1n) is 4.60. The Morgan fingerprint density at radius 3 is 2.73 bits per heavy atom. The zero-order valence-electron chi connectivity index (χ0n) is 8.87. The first-order valence-corrected chi connectivity index (χ1v) is 4.97. The minimum atomic E-state index is -0.325. The van der Waals surface area contributed by atoms with Gasteiger partial charge in [-0.05, 0) is 19.9 Å². The lowest BCUT2D eigenvalue weighted by molar-refractivity contribution is 0.0956. The Kier molecular flexibility index (Phi) is 3.91. The summed E-state index contributed by atoms with van der Waals surface area (Å²) in [7, 11) is 1.52. The average Bonchev–Trinajstić information content (AvgIpc) is 2.19. The van der Waals surface area contributed by atoms with Crippen molar-refractivity contribution in [3.05, 3.63) is 22.8 Å². The first-order chi connectivity index (χ1) is 7.04. The van der Waals surface area contributed by atoms with Gasteiger partial charge in [-0.15, -0.1) is 0 Å². The van der Waals surface area contributed by atoms with E-state index in [0.29, 0.717) is 10.9 Å². The minimum Gasteiger partial charge on any atom is -0.475 e. The molecule has 1 aromatic rings. The number of aromatic nitrogens is 1. The van der Waals surface area contributed by atoms with Crippen molar-refractivity contribution < 1.29 is 9.53 Å². The number of amides is 1. The lowest BCUT2D eigenvalue weighted by Crippen LogP contribution is -2.20. The predicted molar refractivity (Wildman–Crippen MR) is 58.4 cm³/mol. The Bertz CT molecular complexity index is 366. The zero-order valence-corrected chi connectivity index (χ0v) is 9.63. The highest BCUT2D eigenvalue weighted by molar-refractivity contribution is 6.33. The second-order valence-electron chi connectivity index (χ2n) is 3.23. The lowest BCUT2D eigenvalue weighted by atomic mass is 10.3. The van der Waals surface area contributed by atoms with Gasteiger partial charge in [0.1, 0.15) is 0 Å². The summed E-state index contributed by atoms with van der Waals surface area (Å²) in [5.74, 6) is 0.0715. The number of rotatable bonds is 3. The van der Waals surface area contributed by atoms with E-state index >= 15 is 0 Å². The molecule has 5 heteroatoms. The van der Waals surface area contributed by atoms with E-state index < -0.39 is 0 Å². The fourth-order valence-electron chi connectivity index (χ4n) is 1.01. The number of carbonyl (C=O) groups is 1. The van der Waals surface area contributed by atoms with Gasteiger partial charge in [0.05, 0.1) is 11.1 Å². The van der Waals surface area contributed by atoms with Crippen LogP contribution in [0.1, 0.15) is 24.3 Å². The molecule has 1 amide bonds. The van der Waals surface area contributed by atoms with Crippen LogP contribution in [0.3, 0.4) is 0 Å². The lowest BCUT2D eigenvalue weighted by Gasteiger charge is -2.10. The van der Waals surface area contributed by atoms with E-state index in [4.69, 9.17) is 16.3 Å². The molecule has 0 fully saturated rings. The second kappa shape index (κ2) is 4.98. The van der Waals surface area contributed by atoms with Crippen LogP contribution >= 0.6 is 11.6 Å². The van der Waals surface area contributed by atoms with Gasteiger partial charge in [-0.1, -0.05) is 11.6 Å². The SMILES string of the molecule is CNC(=O)c1nc(OC(C)C)ccc1Cl. The van der Waals surface area contributed by atoms with Gasteiger partial charge in [0.15, 0.2) is 5.69 Å². The van der Waals surface area contributed by atoms with E-state index in [9.17, 15) is 4.79 Å². The summed E-state index contributed by atoms with van der Waals surface area (Å²) >= 11 is 5.83. The van der Waals surface area contributed by atoms with Crippen molar-refractivity contribution in [3.8, 4) is 5.88 Å². The Balaban J connectivity index is 3.00. The maximum atomic E-state index is 11.4. The highest BCUT2D eigenvalue weighted by atomic mass is 35.5. The molecular formula is C10H13ClN2O2. The van der Waals surface area contributed by atoms with Crippen molar-refractivity contribution in [3.63, 3.8) is 0 Å². The molecule has 0 spiro atoms. The quantitative estimate of drug-likeness (QED) is 0.860. The monoisotopic (exact) mass is 228 g/mol. The summed E-state index contributed by atoms with van der Waals surface area (Å²) in [6, 6.07) is 3.23. The Morgan fingerprint density at radius 1 is 1.53 bits per heavy atom. The predicted octanol–water partition coefficient (Wildman–Crippen LogP) is 1.88. The van der Waals surface area contributed by atoms with Crippen LogP contribution in [0.4, 0.5) is 0 Å². The Morgan fingerprint density at radius 2 is 2.20 bits per heavy atom. The van der Waals surface area contributed by atoms with Crippen molar-refractivity contribution in [2.75, 3.05) is 7.05 Å². The molecule has 1 rings (SSSR count). The number of hydrogen-bond donors (Lipinski definition) is 1. The number of nitrogens with one attached hydrogen (secondary N) is 1. The fraction of sp³-hybridized carbons (Fsp3) is 0.400. The first kappa shape index (κ1) is 11.8. The highest BCUT2D eigenvalue weighted by Crippen LogP contribution is 2.18. The fourth-order valence-corrected chi connectivity index (χ4v) is 1.20. The van der Waals surface area contributed by atoms with Crippen molar-refractivity contribution >= 4 is 17.5 Å². The Labute approximate surface area is 93.6 Å². The molecule has 0 unspecified atom stereocenters. The van der Waals surface area contributed by atoms with E-state index in [1.807, 2.05) is 13.8 Å². The van der Waals surface area contributed by atoms with Gasteiger partial charge in [0.25, 0.3) is 5.91 Å². The molecular weight excluding hydrogens is 216 g/mol. The van der Waals surface area contributed by atoms with Crippen LogP contribution in [-0.4, -0.2) is 24.0 Å². The summed E-state index contributed by atoms with van der Waals surface area (Å²) in [6.45, 7) is 3.77. The van der Waals surface area contributed by atoms with Crippen molar-refractivity contribution in [1.82, 2.24) is 10.3 Å². The van der Waals surface area contributed by atoms with Crippen molar-refractivity contribution in [2.45, 2.75) is 20.0 Å². The zero-order chi connectivity index (χ0) is 11.4. The van der Waals surface area contributed by atoms with E-state index in [1.165, 1.54) is 7.05 Å². The molecule has 0 aliphatic rings. The summed E-state index contributed by atoms with van der Waals surface area (Å²) in [5.41, 5.74) is 0.178. The van der Waals surface area contributed by atoms with Gasteiger partial charge in [-0.3, -0.25) is 4.79 Å². The van der Waals surface area contributed by atoms with E-state index in [2.05, 4.69) is 10.3 Å². The van der Waals surface area contributed by atoms with Crippen LogP contribution in [0, 0.1) is 0 Å². The molecule has 0 aromatic carbocycles. The summed E-state index contributed by atoms with van der Waals surface area (Å²) in [4.78, 5) is 15.4. The van der Waals surface area contributed by atoms with Crippen LogP contribution in [0.15, 0.2) is 12.1 Å². The maximum Gasteiger partial charge on any atom is 0.271 e. The van der Waals surface area contributed by atoms with Gasteiger partial charge in [-0.2, -0.15) is 0 Å². The van der Waals surface area contributed by atoms with Gasteiger partial charge in [0, 0.05) is 13.1 Å². The number of ether oxygens (including phenoxy) is 1. The minimum absolute atomic E-state index is 0.0104. The highest BCUT2D eigenvalue weighted by Gasteiger charge is 2.12. The second-order valence-corrected chi connectivity index (χ2v) is 3.63. The summed E-state index contributed by atoms with van der Waals surface area (Å²) < 4.78 is 5.35. The maximum absolute atomic E-state index is 11.4. The third kappa shape index (κ3) is 3.09. The number of pyridine rings is 1. The average molecular weight is 229 g/mol. The van der Waals surface area contributed by atoms with Crippen LogP contribution in [-0.2, 0) is 0 Å². The molecule has 0 aliphatic heterocycles. The number of nitrogens with zero attached hydrogens (tertiary/aromatic N) is 1. The standard InChI is InChI=1S/C10H13ClN2O2/c1-6(2)15-8-5-4-7(11)9(13-8)10(14)12-3/h4-6H,1-3H3,(H,12,14). The van der Waals surface area contributed by atoms with Crippen molar-refractivity contribution in [1.29, 1.82) is 0 Å². The molecule has 0 bridgehead atoms. The molecule has 0 radical (unpaired) electrons. The third-order valence-electron chi connectivity index (χ3n) is 1.62. The molecule has 15 heavy (non-hydrogen) atoms. The number of carbonyl (C=O) groups excluding carboxylic acids is 1. The van der Waals surface area contributed by atoms with E-state index in [-0.39, 0.29) is 17.7 Å². The van der Waals surface area contributed by atoms with Gasteiger partial charge in [-0.25, -0.2) is 4.98 Å². The Hall–Kier alpha value is -1.29.